The SMILES string of the molecule is Cc1nn(C)c2ncc(CNC(C)Cc3ccc(Br)cc3)cc12. The van der Waals surface area contributed by atoms with E-state index in [-0.39, 0.29) is 0 Å². The van der Waals surface area contributed by atoms with Gasteiger partial charge in [-0.05, 0) is 49.6 Å². The van der Waals surface area contributed by atoms with Crippen LogP contribution in [0.4, 0.5) is 0 Å². The van der Waals surface area contributed by atoms with E-state index in [0.29, 0.717) is 6.04 Å². The van der Waals surface area contributed by atoms with Gasteiger partial charge in [-0.1, -0.05) is 28.1 Å². The third-order valence-corrected chi connectivity index (χ3v) is 4.56. The van der Waals surface area contributed by atoms with Crippen LogP contribution in [0, 0.1) is 6.92 Å². The molecular weight excluding hydrogens is 352 g/mol. The van der Waals surface area contributed by atoms with Crippen LogP contribution in [0.1, 0.15) is 23.7 Å². The first kappa shape index (κ1) is 16.1. The summed E-state index contributed by atoms with van der Waals surface area (Å²) >= 11 is 3.47. The van der Waals surface area contributed by atoms with Crippen molar-refractivity contribution in [3.63, 3.8) is 0 Å². The van der Waals surface area contributed by atoms with Gasteiger partial charge in [-0.25, -0.2) is 4.98 Å². The molecule has 0 spiro atoms. The lowest BCUT2D eigenvalue weighted by atomic mass is 10.1. The minimum Gasteiger partial charge on any atom is -0.310 e. The zero-order chi connectivity index (χ0) is 16.4. The van der Waals surface area contributed by atoms with E-state index in [1.54, 1.807) is 0 Å². The molecule has 0 aliphatic rings. The molecule has 1 N–H and O–H groups in total. The Hall–Kier alpha value is -1.72. The van der Waals surface area contributed by atoms with E-state index in [2.05, 4.69) is 68.6 Å². The number of aromatic nitrogens is 3. The van der Waals surface area contributed by atoms with Gasteiger partial charge in [-0.3, -0.25) is 4.68 Å². The summed E-state index contributed by atoms with van der Waals surface area (Å²) in [6.45, 7) is 5.05. The zero-order valence-corrected chi connectivity index (χ0v) is 15.3. The number of nitrogens with zero attached hydrogens (tertiary/aromatic N) is 3. The Balaban J connectivity index is 1.63. The smallest absolute Gasteiger partial charge is 0.157 e. The number of halogens is 1. The summed E-state index contributed by atoms with van der Waals surface area (Å²) in [5.41, 5.74) is 4.50. The summed E-state index contributed by atoms with van der Waals surface area (Å²) in [7, 11) is 1.93. The van der Waals surface area contributed by atoms with Crippen molar-refractivity contribution < 1.29 is 0 Å². The van der Waals surface area contributed by atoms with Crippen LogP contribution >= 0.6 is 15.9 Å². The van der Waals surface area contributed by atoms with Crippen molar-refractivity contribution in [1.29, 1.82) is 0 Å². The lowest BCUT2D eigenvalue weighted by molar-refractivity contribution is 0.545. The van der Waals surface area contributed by atoms with Crippen LogP contribution in [0.15, 0.2) is 41.0 Å². The number of benzene rings is 1. The summed E-state index contributed by atoms with van der Waals surface area (Å²) in [4.78, 5) is 4.53. The second-order valence-electron chi connectivity index (χ2n) is 6.04. The van der Waals surface area contributed by atoms with E-state index in [4.69, 9.17) is 0 Å². The summed E-state index contributed by atoms with van der Waals surface area (Å²) in [5.74, 6) is 0. The van der Waals surface area contributed by atoms with Gasteiger partial charge < -0.3 is 5.32 Å². The van der Waals surface area contributed by atoms with Gasteiger partial charge in [0.05, 0.1) is 5.69 Å². The van der Waals surface area contributed by atoms with Crippen molar-refractivity contribution in [2.24, 2.45) is 7.05 Å². The molecule has 0 fully saturated rings. The summed E-state index contributed by atoms with van der Waals surface area (Å²) in [5, 5.41) is 9.13. The van der Waals surface area contributed by atoms with Crippen molar-refractivity contribution in [1.82, 2.24) is 20.1 Å². The standard InChI is InChI=1S/C18H21BrN4/c1-12(8-14-4-6-16(19)7-5-14)20-10-15-9-17-13(2)22-23(3)18(17)21-11-15/h4-7,9,11-12,20H,8,10H2,1-3H3. The Morgan fingerprint density at radius 2 is 1.96 bits per heavy atom. The van der Waals surface area contributed by atoms with Crippen molar-refractivity contribution in [3.8, 4) is 0 Å². The molecule has 1 aromatic carbocycles. The lowest BCUT2D eigenvalue weighted by Gasteiger charge is -2.14. The van der Waals surface area contributed by atoms with E-state index >= 15 is 0 Å². The van der Waals surface area contributed by atoms with Crippen LogP contribution in [0.5, 0.6) is 0 Å². The average molecular weight is 373 g/mol. The van der Waals surface area contributed by atoms with Crippen molar-refractivity contribution in [3.05, 3.63) is 57.8 Å². The number of pyridine rings is 1. The van der Waals surface area contributed by atoms with Crippen molar-refractivity contribution in [2.75, 3.05) is 0 Å². The highest BCUT2D eigenvalue weighted by Gasteiger charge is 2.08. The van der Waals surface area contributed by atoms with E-state index in [0.717, 1.165) is 34.2 Å². The molecule has 2 heterocycles. The van der Waals surface area contributed by atoms with Crippen LogP contribution in [0.2, 0.25) is 0 Å². The number of rotatable bonds is 5. The number of hydrogen-bond donors (Lipinski definition) is 1. The molecule has 0 aliphatic carbocycles. The van der Waals surface area contributed by atoms with Gasteiger partial charge in [0, 0.05) is 35.7 Å². The fourth-order valence-corrected chi connectivity index (χ4v) is 3.05. The highest BCUT2D eigenvalue weighted by atomic mass is 79.9. The molecule has 0 radical (unpaired) electrons. The van der Waals surface area contributed by atoms with Gasteiger partial charge in [0.1, 0.15) is 0 Å². The molecule has 5 heteroatoms. The Labute approximate surface area is 145 Å². The molecule has 23 heavy (non-hydrogen) atoms. The van der Waals surface area contributed by atoms with Gasteiger partial charge in [-0.15, -0.1) is 0 Å². The first-order valence-corrected chi connectivity index (χ1v) is 8.58. The molecule has 0 bridgehead atoms. The molecule has 1 atom stereocenters. The van der Waals surface area contributed by atoms with E-state index in [9.17, 15) is 0 Å². The number of nitrogens with one attached hydrogen (secondary N) is 1. The summed E-state index contributed by atoms with van der Waals surface area (Å²) in [6.07, 6.45) is 2.94. The predicted octanol–water partition coefficient (Wildman–Crippen LogP) is 3.76. The largest absolute Gasteiger partial charge is 0.310 e. The maximum atomic E-state index is 4.53. The van der Waals surface area contributed by atoms with E-state index < -0.39 is 0 Å². The fraction of sp³-hybridized carbons (Fsp3) is 0.333. The normalized spacial score (nSPS) is 12.7. The molecule has 0 amide bonds. The van der Waals surface area contributed by atoms with Gasteiger partial charge in [0.25, 0.3) is 0 Å². The molecule has 1 unspecified atom stereocenters. The first-order valence-electron chi connectivity index (χ1n) is 7.79. The third-order valence-electron chi connectivity index (χ3n) is 4.03. The maximum Gasteiger partial charge on any atom is 0.157 e. The summed E-state index contributed by atoms with van der Waals surface area (Å²) in [6, 6.07) is 11.1. The molecule has 0 saturated heterocycles. The minimum atomic E-state index is 0.405. The van der Waals surface area contributed by atoms with Crippen LogP contribution < -0.4 is 5.32 Å². The maximum absolute atomic E-state index is 4.53. The molecular formula is C18H21BrN4. The number of fused-ring (bicyclic) bond motifs is 1. The lowest BCUT2D eigenvalue weighted by Crippen LogP contribution is -2.27. The number of aryl methyl sites for hydroxylation is 2. The highest BCUT2D eigenvalue weighted by molar-refractivity contribution is 9.10. The Kier molecular flexibility index (Phi) is 4.78. The Morgan fingerprint density at radius 3 is 2.70 bits per heavy atom. The molecule has 0 aliphatic heterocycles. The second-order valence-corrected chi connectivity index (χ2v) is 6.95. The Morgan fingerprint density at radius 1 is 1.22 bits per heavy atom. The summed E-state index contributed by atoms with van der Waals surface area (Å²) < 4.78 is 2.95. The zero-order valence-electron chi connectivity index (χ0n) is 13.7. The first-order chi connectivity index (χ1) is 11.0. The third kappa shape index (κ3) is 3.79. The minimum absolute atomic E-state index is 0.405. The molecule has 3 rings (SSSR count). The fourth-order valence-electron chi connectivity index (χ4n) is 2.79. The quantitative estimate of drug-likeness (QED) is 0.741. The van der Waals surface area contributed by atoms with Crippen LogP contribution in [-0.2, 0) is 20.0 Å². The van der Waals surface area contributed by atoms with Crippen molar-refractivity contribution >= 4 is 27.0 Å². The molecule has 0 saturated carbocycles. The number of hydrogen-bond acceptors (Lipinski definition) is 3. The van der Waals surface area contributed by atoms with Gasteiger partial charge >= 0.3 is 0 Å². The van der Waals surface area contributed by atoms with Gasteiger partial charge in [-0.2, -0.15) is 5.10 Å². The van der Waals surface area contributed by atoms with Crippen molar-refractivity contribution in [2.45, 2.75) is 32.9 Å². The molecule has 2 aromatic heterocycles. The predicted molar refractivity (Wildman–Crippen MR) is 97.4 cm³/mol. The average Bonchev–Trinajstić information content (AvgIpc) is 2.82. The van der Waals surface area contributed by atoms with Crippen LogP contribution in [0.25, 0.3) is 11.0 Å². The van der Waals surface area contributed by atoms with E-state index in [1.165, 1.54) is 11.1 Å². The molecule has 120 valence electrons. The van der Waals surface area contributed by atoms with E-state index in [1.807, 2.05) is 24.9 Å². The Bertz CT molecular complexity index is 808. The van der Waals surface area contributed by atoms with Gasteiger partial charge in [0.15, 0.2) is 5.65 Å². The van der Waals surface area contributed by atoms with Crippen LogP contribution in [-0.4, -0.2) is 20.8 Å². The second kappa shape index (κ2) is 6.81. The molecule has 3 aromatic rings. The van der Waals surface area contributed by atoms with Gasteiger partial charge in [0.2, 0.25) is 0 Å². The highest BCUT2D eigenvalue weighted by Crippen LogP contribution is 2.17. The van der Waals surface area contributed by atoms with Crippen LogP contribution in [0.3, 0.4) is 0 Å². The monoisotopic (exact) mass is 372 g/mol. The topological polar surface area (TPSA) is 42.7 Å². The molecule has 4 nitrogen and oxygen atoms in total.